The molecule has 126 valence electrons. The SMILES string of the molecule is C=CC(=O)OC(C)(CC)CCOC(C)(CC)C(=O)CC(C)=O. The zero-order chi connectivity index (χ0) is 17.4. The minimum Gasteiger partial charge on any atom is -0.456 e. The average molecular weight is 312 g/mol. The molecule has 5 nitrogen and oxygen atoms in total. The van der Waals surface area contributed by atoms with E-state index in [2.05, 4.69) is 6.58 Å². The van der Waals surface area contributed by atoms with Gasteiger partial charge in [-0.1, -0.05) is 20.4 Å². The molecule has 0 bridgehead atoms. The zero-order valence-corrected chi connectivity index (χ0v) is 14.4. The standard InChI is InChI=1S/C17H28O5/c1-7-15(20)22-16(5,8-2)10-11-21-17(6,9-3)14(19)12-13(4)18/h7H,1,8-12H2,2-6H3. The van der Waals surface area contributed by atoms with Gasteiger partial charge in [0, 0.05) is 12.5 Å². The molecule has 0 N–H and O–H groups in total. The van der Waals surface area contributed by atoms with Gasteiger partial charge < -0.3 is 9.47 Å². The number of carbonyl (C=O) groups excluding carboxylic acids is 3. The maximum absolute atomic E-state index is 12.1. The summed E-state index contributed by atoms with van der Waals surface area (Å²) >= 11 is 0. The second-order valence-electron chi connectivity index (χ2n) is 5.91. The molecule has 0 saturated heterocycles. The molecule has 0 aliphatic carbocycles. The third-order valence-corrected chi connectivity index (χ3v) is 3.99. The van der Waals surface area contributed by atoms with Crippen molar-refractivity contribution in [3.05, 3.63) is 12.7 Å². The number of rotatable bonds is 11. The molecule has 0 radical (unpaired) electrons. The van der Waals surface area contributed by atoms with E-state index in [0.29, 0.717) is 19.3 Å². The molecule has 0 aromatic carbocycles. The van der Waals surface area contributed by atoms with E-state index in [1.54, 1.807) is 6.92 Å². The van der Waals surface area contributed by atoms with Crippen molar-refractivity contribution in [3.8, 4) is 0 Å². The molecule has 0 saturated carbocycles. The zero-order valence-electron chi connectivity index (χ0n) is 14.4. The van der Waals surface area contributed by atoms with Crippen molar-refractivity contribution in [1.82, 2.24) is 0 Å². The van der Waals surface area contributed by atoms with Crippen LogP contribution in [-0.4, -0.2) is 35.3 Å². The highest BCUT2D eigenvalue weighted by Gasteiger charge is 2.34. The fourth-order valence-corrected chi connectivity index (χ4v) is 1.87. The highest BCUT2D eigenvalue weighted by molar-refractivity contribution is 6.01. The largest absolute Gasteiger partial charge is 0.456 e. The molecular formula is C17H28O5. The summed E-state index contributed by atoms with van der Waals surface area (Å²) in [6.45, 7) is 12.3. The van der Waals surface area contributed by atoms with Crippen LogP contribution in [0.3, 0.4) is 0 Å². The molecule has 22 heavy (non-hydrogen) atoms. The first-order valence-corrected chi connectivity index (χ1v) is 7.64. The number of hydrogen-bond donors (Lipinski definition) is 0. The van der Waals surface area contributed by atoms with Crippen LogP contribution in [0.5, 0.6) is 0 Å². The molecule has 0 heterocycles. The van der Waals surface area contributed by atoms with Crippen LogP contribution >= 0.6 is 0 Å². The number of esters is 1. The van der Waals surface area contributed by atoms with Gasteiger partial charge in [-0.2, -0.15) is 0 Å². The van der Waals surface area contributed by atoms with Gasteiger partial charge in [0.15, 0.2) is 5.78 Å². The molecule has 0 spiro atoms. The van der Waals surface area contributed by atoms with E-state index in [9.17, 15) is 14.4 Å². The second-order valence-corrected chi connectivity index (χ2v) is 5.91. The van der Waals surface area contributed by atoms with E-state index in [0.717, 1.165) is 6.08 Å². The van der Waals surface area contributed by atoms with Gasteiger partial charge in [-0.3, -0.25) is 9.59 Å². The number of ketones is 2. The Balaban J connectivity index is 4.67. The smallest absolute Gasteiger partial charge is 0.330 e. The normalized spacial score (nSPS) is 16.2. The van der Waals surface area contributed by atoms with Crippen LogP contribution in [-0.2, 0) is 23.9 Å². The molecule has 2 unspecified atom stereocenters. The van der Waals surface area contributed by atoms with Gasteiger partial charge >= 0.3 is 5.97 Å². The molecule has 5 heteroatoms. The van der Waals surface area contributed by atoms with Crippen LogP contribution in [0.2, 0.25) is 0 Å². The van der Waals surface area contributed by atoms with Gasteiger partial charge in [0.2, 0.25) is 0 Å². The van der Waals surface area contributed by atoms with Crippen molar-refractivity contribution < 1.29 is 23.9 Å². The monoisotopic (exact) mass is 312 g/mol. The topological polar surface area (TPSA) is 69.7 Å². The summed E-state index contributed by atoms with van der Waals surface area (Å²) in [4.78, 5) is 34.6. The lowest BCUT2D eigenvalue weighted by atomic mass is 9.93. The molecule has 0 aliphatic heterocycles. The van der Waals surface area contributed by atoms with Crippen molar-refractivity contribution in [2.24, 2.45) is 0 Å². The van der Waals surface area contributed by atoms with Crippen molar-refractivity contribution in [2.45, 2.75) is 71.5 Å². The van der Waals surface area contributed by atoms with Gasteiger partial charge in [0.1, 0.15) is 17.0 Å². The summed E-state index contributed by atoms with van der Waals surface area (Å²) in [5.74, 6) is -0.870. The minimum atomic E-state index is -0.983. The van der Waals surface area contributed by atoms with Crippen LogP contribution in [0.25, 0.3) is 0 Å². The first kappa shape index (κ1) is 20.5. The maximum Gasteiger partial charge on any atom is 0.330 e. The number of Topliss-reactive ketones (excluding diaryl/α,β-unsaturated/α-hetero) is 2. The summed E-state index contributed by atoms with van der Waals surface area (Å²) < 4.78 is 11.1. The highest BCUT2D eigenvalue weighted by atomic mass is 16.6. The van der Waals surface area contributed by atoms with Gasteiger partial charge in [0.25, 0.3) is 0 Å². The third kappa shape index (κ3) is 6.52. The summed E-state index contributed by atoms with van der Waals surface area (Å²) in [6.07, 6.45) is 2.57. The Hall–Kier alpha value is -1.49. The molecule has 2 atom stereocenters. The lowest BCUT2D eigenvalue weighted by molar-refractivity contribution is -0.159. The number of carbonyl (C=O) groups is 3. The molecule has 0 aromatic heterocycles. The van der Waals surface area contributed by atoms with Crippen molar-refractivity contribution in [1.29, 1.82) is 0 Å². The fraction of sp³-hybridized carbons (Fsp3) is 0.706. The Bertz CT molecular complexity index is 429. The molecular weight excluding hydrogens is 284 g/mol. The van der Waals surface area contributed by atoms with Crippen LogP contribution in [0.15, 0.2) is 12.7 Å². The summed E-state index contributed by atoms with van der Waals surface area (Å²) in [5.41, 5.74) is -1.65. The molecule has 0 aliphatic rings. The van der Waals surface area contributed by atoms with Gasteiger partial charge in [-0.15, -0.1) is 0 Å². The minimum absolute atomic E-state index is 0.124. The van der Waals surface area contributed by atoms with Gasteiger partial charge in [-0.25, -0.2) is 4.79 Å². The lowest BCUT2D eigenvalue weighted by Gasteiger charge is -2.31. The Morgan fingerprint density at radius 1 is 1.14 bits per heavy atom. The Morgan fingerprint density at radius 2 is 1.73 bits per heavy atom. The predicted molar refractivity (Wildman–Crippen MR) is 84.6 cm³/mol. The maximum atomic E-state index is 12.1. The van der Waals surface area contributed by atoms with Crippen LogP contribution < -0.4 is 0 Å². The third-order valence-electron chi connectivity index (χ3n) is 3.99. The first-order chi connectivity index (χ1) is 10.1. The van der Waals surface area contributed by atoms with E-state index >= 15 is 0 Å². The quantitative estimate of drug-likeness (QED) is 0.333. The highest BCUT2D eigenvalue weighted by Crippen LogP contribution is 2.24. The Morgan fingerprint density at radius 3 is 2.14 bits per heavy atom. The molecule has 0 rings (SSSR count). The summed E-state index contributed by atoms with van der Waals surface area (Å²) in [5, 5.41) is 0. The van der Waals surface area contributed by atoms with Gasteiger partial charge in [0.05, 0.1) is 13.0 Å². The number of hydrogen-bond acceptors (Lipinski definition) is 5. The van der Waals surface area contributed by atoms with Crippen molar-refractivity contribution in [2.75, 3.05) is 6.61 Å². The van der Waals surface area contributed by atoms with E-state index in [1.165, 1.54) is 6.92 Å². The summed E-state index contributed by atoms with van der Waals surface area (Å²) in [7, 11) is 0. The lowest BCUT2D eigenvalue weighted by Crippen LogP contribution is -2.41. The van der Waals surface area contributed by atoms with E-state index in [-0.39, 0.29) is 24.6 Å². The van der Waals surface area contributed by atoms with Crippen LogP contribution in [0, 0.1) is 0 Å². The molecule has 0 aromatic rings. The number of ether oxygens (including phenoxy) is 2. The van der Waals surface area contributed by atoms with Crippen molar-refractivity contribution in [3.63, 3.8) is 0 Å². The molecule has 0 amide bonds. The second kappa shape index (κ2) is 8.83. The van der Waals surface area contributed by atoms with Gasteiger partial charge in [-0.05, 0) is 33.6 Å². The van der Waals surface area contributed by atoms with Crippen molar-refractivity contribution >= 4 is 17.5 Å². The van der Waals surface area contributed by atoms with Crippen LogP contribution in [0.1, 0.15) is 60.3 Å². The van der Waals surface area contributed by atoms with E-state index in [1.807, 2.05) is 20.8 Å². The van der Waals surface area contributed by atoms with E-state index in [4.69, 9.17) is 9.47 Å². The Kier molecular flexibility index (Phi) is 8.23. The Labute approximate surface area is 133 Å². The first-order valence-electron chi connectivity index (χ1n) is 7.64. The van der Waals surface area contributed by atoms with E-state index < -0.39 is 17.2 Å². The predicted octanol–water partition coefficient (Wildman–Crippen LogP) is 3.01. The average Bonchev–Trinajstić information content (AvgIpc) is 2.45. The fourth-order valence-electron chi connectivity index (χ4n) is 1.87. The summed E-state index contributed by atoms with van der Waals surface area (Å²) in [6, 6.07) is 0. The molecule has 0 fully saturated rings. The van der Waals surface area contributed by atoms with Crippen LogP contribution in [0.4, 0.5) is 0 Å².